The molecule has 0 saturated carbocycles. The van der Waals surface area contributed by atoms with Gasteiger partial charge in [-0.2, -0.15) is 0 Å². The number of hydrogen-bond acceptors (Lipinski definition) is 3. The molecule has 2 rings (SSSR count). The van der Waals surface area contributed by atoms with Gasteiger partial charge in [0.15, 0.2) is 5.78 Å². The van der Waals surface area contributed by atoms with Crippen molar-refractivity contribution in [3.05, 3.63) is 47.5 Å². The van der Waals surface area contributed by atoms with Crippen LogP contribution in [0.3, 0.4) is 0 Å². The molecule has 0 amide bonds. The maximum atomic E-state index is 11.2. The summed E-state index contributed by atoms with van der Waals surface area (Å²) in [4.78, 5) is 21.2. The topological polar surface area (TPSA) is 80.4 Å². The lowest BCUT2D eigenvalue weighted by molar-refractivity contribution is -0.139. The molecule has 0 spiro atoms. The quantitative estimate of drug-likeness (QED) is 0.853. The first-order valence-corrected chi connectivity index (χ1v) is 6.20. The SMILES string of the molecule is CC(C)[C@H](N)C(=O)O.O=C1C=CCc2ccccc21. The number of carboxylic acids is 1. The third-order valence-corrected chi connectivity index (χ3v) is 2.89. The van der Waals surface area contributed by atoms with Crippen molar-refractivity contribution < 1.29 is 14.7 Å². The van der Waals surface area contributed by atoms with Gasteiger partial charge in [0.1, 0.15) is 6.04 Å². The van der Waals surface area contributed by atoms with Gasteiger partial charge in [-0.1, -0.05) is 44.2 Å². The van der Waals surface area contributed by atoms with Gasteiger partial charge in [0.05, 0.1) is 0 Å². The maximum Gasteiger partial charge on any atom is 0.320 e. The zero-order valence-corrected chi connectivity index (χ0v) is 11.2. The van der Waals surface area contributed by atoms with Crippen LogP contribution in [0.1, 0.15) is 29.8 Å². The minimum atomic E-state index is -0.931. The first-order valence-electron chi connectivity index (χ1n) is 6.20. The summed E-state index contributed by atoms with van der Waals surface area (Å²) in [7, 11) is 0. The second-order valence-electron chi connectivity index (χ2n) is 4.74. The molecule has 0 fully saturated rings. The van der Waals surface area contributed by atoms with Crippen LogP contribution in [0, 0.1) is 5.92 Å². The minimum absolute atomic E-state index is 0.0208. The van der Waals surface area contributed by atoms with Crippen molar-refractivity contribution in [1.82, 2.24) is 0 Å². The van der Waals surface area contributed by atoms with Gasteiger partial charge in [0, 0.05) is 5.56 Å². The Hall–Kier alpha value is -1.94. The highest BCUT2D eigenvalue weighted by atomic mass is 16.4. The van der Waals surface area contributed by atoms with Gasteiger partial charge in [-0.05, 0) is 24.0 Å². The highest BCUT2D eigenvalue weighted by Crippen LogP contribution is 2.15. The number of carbonyl (C=O) groups excluding carboxylic acids is 1. The largest absolute Gasteiger partial charge is 0.480 e. The molecule has 0 bridgehead atoms. The van der Waals surface area contributed by atoms with E-state index >= 15 is 0 Å². The highest BCUT2D eigenvalue weighted by Gasteiger charge is 2.14. The van der Waals surface area contributed by atoms with Crippen molar-refractivity contribution in [2.45, 2.75) is 26.3 Å². The van der Waals surface area contributed by atoms with E-state index in [0.29, 0.717) is 0 Å². The molecule has 3 N–H and O–H groups in total. The van der Waals surface area contributed by atoms with Crippen LogP contribution in [0.15, 0.2) is 36.4 Å². The van der Waals surface area contributed by atoms with Gasteiger partial charge in [0.2, 0.25) is 0 Å². The molecule has 0 saturated heterocycles. The molecule has 0 radical (unpaired) electrons. The fourth-order valence-corrected chi connectivity index (χ4v) is 1.61. The summed E-state index contributed by atoms with van der Waals surface area (Å²) in [6, 6.07) is 7.02. The lowest BCUT2D eigenvalue weighted by atomic mass is 9.96. The smallest absolute Gasteiger partial charge is 0.320 e. The predicted octanol–water partition coefficient (Wildman–Crippen LogP) is 2.04. The number of carbonyl (C=O) groups is 2. The van der Waals surface area contributed by atoms with Gasteiger partial charge in [-0.15, -0.1) is 0 Å². The molecule has 0 aliphatic heterocycles. The van der Waals surface area contributed by atoms with Crippen LogP contribution < -0.4 is 5.73 Å². The second kappa shape index (κ2) is 6.85. The van der Waals surface area contributed by atoms with E-state index in [1.54, 1.807) is 19.9 Å². The van der Waals surface area contributed by atoms with E-state index in [0.717, 1.165) is 17.5 Å². The summed E-state index contributed by atoms with van der Waals surface area (Å²) < 4.78 is 0. The van der Waals surface area contributed by atoms with E-state index in [1.165, 1.54) is 0 Å². The van der Waals surface area contributed by atoms with Crippen LogP contribution in [-0.2, 0) is 11.2 Å². The van der Waals surface area contributed by atoms with Crippen LogP contribution in [-0.4, -0.2) is 22.9 Å². The van der Waals surface area contributed by atoms with E-state index < -0.39 is 12.0 Å². The van der Waals surface area contributed by atoms with E-state index in [4.69, 9.17) is 10.8 Å². The van der Waals surface area contributed by atoms with Crippen molar-refractivity contribution in [2.24, 2.45) is 11.7 Å². The Kier molecular flexibility index (Phi) is 5.45. The Labute approximate surface area is 112 Å². The fraction of sp³-hybridized carbons (Fsp3) is 0.333. The molecule has 0 aromatic heterocycles. The van der Waals surface area contributed by atoms with Gasteiger partial charge in [-0.3, -0.25) is 9.59 Å². The molecule has 1 aromatic carbocycles. The molecule has 0 unspecified atom stereocenters. The molecule has 1 atom stereocenters. The number of aliphatic carboxylic acids is 1. The number of hydrogen-bond donors (Lipinski definition) is 2. The molecule has 1 aliphatic carbocycles. The lowest BCUT2D eigenvalue weighted by Crippen LogP contribution is -2.34. The number of carboxylic acid groups (broad SMARTS) is 1. The Bertz CT molecular complexity index is 492. The summed E-state index contributed by atoms with van der Waals surface area (Å²) in [6.45, 7) is 3.55. The van der Waals surface area contributed by atoms with E-state index in [2.05, 4.69) is 0 Å². The maximum absolute atomic E-state index is 11.2. The molecule has 0 heterocycles. The van der Waals surface area contributed by atoms with Crippen molar-refractivity contribution in [3.8, 4) is 0 Å². The number of allylic oxidation sites excluding steroid dienone is 2. The first kappa shape index (κ1) is 15.1. The molecule has 19 heavy (non-hydrogen) atoms. The normalized spacial score (nSPS) is 14.4. The Balaban J connectivity index is 0.000000203. The average molecular weight is 261 g/mol. The Morgan fingerprint density at radius 2 is 1.95 bits per heavy atom. The summed E-state index contributed by atoms with van der Waals surface area (Å²) in [5.41, 5.74) is 7.16. The summed E-state index contributed by atoms with van der Waals surface area (Å²) in [6.07, 6.45) is 4.44. The standard InChI is InChI=1S/C10H8O.C5H11NO2/c11-10-7-3-5-8-4-1-2-6-9(8)10;1-3(2)4(6)5(7)8/h1-4,6-7H,5H2;3-4H,6H2,1-2H3,(H,7,8)/t;4-/m.0/s1. The molecule has 4 nitrogen and oxygen atoms in total. The van der Waals surface area contributed by atoms with E-state index in [1.807, 2.05) is 30.3 Å². The molecule has 1 aromatic rings. The number of fused-ring (bicyclic) bond motifs is 1. The highest BCUT2D eigenvalue weighted by molar-refractivity contribution is 6.06. The van der Waals surface area contributed by atoms with Gasteiger partial charge < -0.3 is 10.8 Å². The third-order valence-electron chi connectivity index (χ3n) is 2.89. The number of ketones is 1. The summed E-state index contributed by atoms with van der Waals surface area (Å²) in [5.74, 6) is -0.778. The zero-order chi connectivity index (χ0) is 14.4. The van der Waals surface area contributed by atoms with Crippen molar-refractivity contribution in [1.29, 1.82) is 0 Å². The van der Waals surface area contributed by atoms with E-state index in [-0.39, 0.29) is 11.7 Å². The van der Waals surface area contributed by atoms with Crippen LogP contribution >= 0.6 is 0 Å². The molecular formula is C15H19NO3. The number of rotatable bonds is 2. The Morgan fingerprint density at radius 3 is 2.42 bits per heavy atom. The van der Waals surface area contributed by atoms with Crippen molar-refractivity contribution >= 4 is 11.8 Å². The van der Waals surface area contributed by atoms with Crippen LogP contribution in [0.4, 0.5) is 0 Å². The first-order chi connectivity index (χ1) is 8.93. The van der Waals surface area contributed by atoms with Crippen molar-refractivity contribution in [2.75, 3.05) is 0 Å². The predicted molar refractivity (Wildman–Crippen MR) is 74.1 cm³/mol. The minimum Gasteiger partial charge on any atom is -0.480 e. The molecule has 4 heteroatoms. The number of benzene rings is 1. The molecule has 102 valence electrons. The zero-order valence-electron chi connectivity index (χ0n) is 11.2. The van der Waals surface area contributed by atoms with Crippen LogP contribution in [0.5, 0.6) is 0 Å². The Morgan fingerprint density at radius 1 is 1.32 bits per heavy atom. The third kappa shape index (κ3) is 4.34. The lowest BCUT2D eigenvalue weighted by Gasteiger charge is -2.07. The average Bonchev–Trinajstić information content (AvgIpc) is 2.39. The van der Waals surface area contributed by atoms with Gasteiger partial charge in [-0.25, -0.2) is 0 Å². The molecular weight excluding hydrogens is 242 g/mol. The van der Waals surface area contributed by atoms with Gasteiger partial charge >= 0.3 is 5.97 Å². The molecule has 1 aliphatic rings. The summed E-state index contributed by atoms with van der Waals surface area (Å²) in [5, 5.41) is 8.23. The fourth-order valence-electron chi connectivity index (χ4n) is 1.61. The van der Waals surface area contributed by atoms with Crippen molar-refractivity contribution in [3.63, 3.8) is 0 Å². The van der Waals surface area contributed by atoms with Crippen LogP contribution in [0.25, 0.3) is 0 Å². The van der Waals surface area contributed by atoms with E-state index in [9.17, 15) is 9.59 Å². The van der Waals surface area contributed by atoms with Gasteiger partial charge in [0.25, 0.3) is 0 Å². The number of nitrogens with two attached hydrogens (primary N) is 1. The van der Waals surface area contributed by atoms with Crippen LogP contribution in [0.2, 0.25) is 0 Å². The monoisotopic (exact) mass is 261 g/mol. The second-order valence-corrected chi connectivity index (χ2v) is 4.74. The summed E-state index contributed by atoms with van der Waals surface area (Å²) >= 11 is 0.